The molecule has 0 saturated heterocycles. The van der Waals surface area contributed by atoms with E-state index in [1.165, 1.54) is 16.4 Å². The first-order valence-electron chi connectivity index (χ1n) is 14.3. The van der Waals surface area contributed by atoms with Gasteiger partial charge in [0.25, 0.3) is 0 Å². The van der Waals surface area contributed by atoms with Crippen LogP contribution in [0.15, 0.2) is 89.8 Å². The summed E-state index contributed by atoms with van der Waals surface area (Å²) in [7, 11) is -3.81. The Morgan fingerprint density at radius 2 is 1.41 bits per heavy atom. The Hall–Kier alpha value is -3.40. The third kappa shape index (κ3) is 10.2. The summed E-state index contributed by atoms with van der Waals surface area (Å²) >= 11 is 0. The molecule has 0 aliphatic rings. The van der Waals surface area contributed by atoms with Crippen LogP contribution in [0.3, 0.4) is 0 Å². The number of aliphatic hydroxyl groups is 1. The van der Waals surface area contributed by atoms with Crippen molar-refractivity contribution in [3.63, 3.8) is 0 Å². The number of hydrogen-bond donors (Lipinski definition) is 3. The Balaban J connectivity index is 1.59. The lowest BCUT2D eigenvalue weighted by Gasteiger charge is -2.30. The summed E-state index contributed by atoms with van der Waals surface area (Å²) in [5.41, 5.74) is 8.35. The third-order valence-corrected chi connectivity index (χ3v) is 8.96. The second-order valence-corrected chi connectivity index (χ2v) is 12.6. The van der Waals surface area contributed by atoms with Gasteiger partial charge in [-0.2, -0.15) is 4.31 Å². The number of amides is 2. The second-order valence-electron chi connectivity index (χ2n) is 10.8. The Bertz CT molecular complexity index is 1240. The monoisotopic (exact) mass is 580 g/mol. The van der Waals surface area contributed by atoms with Crippen LogP contribution in [0.2, 0.25) is 0 Å². The number of nitrogen functional groups attached to an aromatic ring is 1. The predicted molar refractivity (Wildman–Crippen MR) is 164 cm³/mol. The zero-order valence-electron chi connectivity index (χ0n) is 24.2. The van der Waals surface area contributed by atoms with Crippen molar-refractivity contribution in [1.82, 2.24) is 14.5 Å². The number of nitrogens with one attached hydrogen (secondary N) is 1. The number of aliphatic hydroxyl groups excluding tert-OH is 1. The Labute approximate surface area is 245 Å². The maximum absolute atomic E-state index is 13.5. The molecule has 3 aromatic carbocycles. The fraction of sp³-hybridized carbons (Fsp3) is 0.406. The van der Waals surface area contributed by atoms with Crippen molar-refractivity contribution < 1.29 is 18.3 Å². The lowest BCUT2D eigenvalue weighted by atomic mass is 10.1. The number of rotatable bonds is 16. The smallest absolute Gasteiger partial charge is 0.318 e. The van der Waals surface area contributed by atoms with Crippen LogP contribution >= 0.6 is 0 Å². The zero-order valence-corrected chi connectivity index (χ0v) is 25.0. The van der Waals surface area contributed by atoms with Crippen molar-refractivity contribution >= 4 is 21.7 Å². The van der Waals surface area contributed by atoms with Crippen LogP contribution in [-0.2, 0) is 23.1 Å². The lowest BCUT2D eigenvalue weighted by molar-refractivity contribution is 0.172. The van der Waals surface area contributed by atoms with Crippen molar-refractivity contribution in [3.05, 3.63) is 96.1 Å². The highest BCUT2D eigenvalue weighted by molar-refractivity contribution is 7.89. The SMILES string of the molecule is CC(C)CCN(C(CO)CCCCNC(=O)N(Cc1ccccc1)Cc1ccccc1)S(=O)(=O)c1ccc(N)cc1. The summed E-state index contributed by atoms with van der Waals surface area (Å²) in [6.07, 6.45) is 2.47. The molecule has 1 atom stereocenters. The zero-order chi connectivity index (χ0) is 29.7. The predicted octanol–water partition coefficient (Wildman–Crippen LogP) is 5.25. The van der Waals surface area contributed by atoms with Gasteiger partial charge in [-0.3, -0.25) is 0 Å². The number of anilines is 1. The van der Waals surface area contributed by atoms with E-state index in [4.69, 9.17) is 5.73 Å². The van der Waals surface area contributed by atoms with Crippen LogP contribution < -0.4 is 11.1 Å². The van der Waals surface area contributed by atoms with Gasteiger partial charge in [-0.25, -0.2) is 13.2 Å². The number of carbonyl (C=O) groups excluding carboxylic acids is 1. The molecule has 0 fully saturated rings. The highest BCUT2D eigenvalue weighted by Gasteiger charge is 2.31. The van der Waals surface area contributed by atoms with E-state index in [1.54, 1.807) is 17.0 Å². The van der Waals surface area contributed by atoms with Gasteiger partial charge in [-0.15, -0.1) is 0 Å². The molecule has 0 saturated carbocycles. The van der Waals surface area contributed by atoms with Crippen LogP contribution in [0.1, 0.15) is 50.7 Å². The number of sulfonamides is 1. The van der Waals surface area contributed by atoms with Gasteiger partial charge in [0.1, 0.15) is 0 Å². The van der Waals surface area contributed by atoms with E-state index in [0.717, 1.165) is 11.1 Å². The average Bonchev–Trinajstić information content (AvgIpc) is 2.96. The number of hydrogen-bond acceptors (Lipinski definition) is 5. The van der Waals surface area contributed by atoms with Crippen LogP contribution in [-0.4, -0.2) is 54.5 Å². The molecular formula is C32H44N4O4S. The number of nitrogens with two attached hydrogens (primary N) is 1. The maximum Gasteiger partial charge on any atom is 0.318 e. The number of benzene rings is 3. The molecule has 8 nitrogen and oxygen atoms in total. The highest BCUT2D eigenvalue weighted by Crippen LogP contribution is 2.23. The number of carbonyl (C=O) groups is 1. The van der Waals surface area contributed by atoms with Crippen LogP contribution in [0.5, 0.6) is 0 Å². The fourth-order valence-electron chi connectivity index (χ4n) is 4.61. The first-order valence-corrected chi connectivity index (χ1v) is 15.7. The first kappa shape index (κ1) is 32.1. The van der Waals surface area contributed by atoms with Gasteiger partial charge in [0.15, 0.2) is 0 Å². The van der Waals surface area contributed by atoms with Gasteiger partial charge in [-0.1, -0.05) is 80.9 Å². The Kier molecular flexibility index (Phi) is 12.6. The summed E-state index contributed by atoms with van der Waals surface area (Å²) in [5, 5.41) is 13.2. The molecule has 2 amide bonds. The molecule has 0 bridgehead atoms. The highest BCUT2D eigenvalue weighted by atomic mass is 32.2. The van der Waals surface area contributed by atoms with Crippen molar-refractivity contribution in [3.8, 4) is 0 Å². The number of urea groups is 1. The third-order valence-electron chi connectivity index (χ3n) is 6.99. The van der Waals surface area contributed by atoms with Crippen molar-refractivity contribution in [2.75, 3.05) is 25.4 Å². The van der Waals surface area contributed by atoms with Gasteiger partial charge >= 0.3 is 6.03 Å². The normalized spacial score (nSPS) is 12.4. The molecule has 41 heavy (non-hydrogen) atoms. The molecule has 0 aliphatic carbocycles. The summed E-state index contributed by atoms with van der Waals surface area (Å²) in [4.78, 5) is 15.1. The summed E-state index contributed by atoms with van der Waals surface area (Å²) in [5.74, 6) is 0.309. The van der Waals surface area contributed by atoms with Crippen LogP contribution in [0.25, 0.3) is 0 Å². The van der Waals surface area contributed by atoms with Crippen molar-refractivity contribution in [1.29, 1.82) is 0 Å². The second kappa shape index (κ2) is 16.1. The van der Waals surface area contributed by atoms with E-state index in [9.17, 15) is 18.3 Å². The standard InChI is InChI=1S/C32H44N4O4S/c1-26(2)20-22-36(41(39,40)31-18-16-29(33)17-19-31)30(25-37)15-9-10-21-34-32(38)35(23-27-11-5-3-6-12-27)24-28-13-7-4-8-14-28/h3-8,11-14,16-19,26,30,37H,9-10,15,20-25,33H2,1-2H3,(H,34,38). The quantitative estimate of drug-likeness (QED) is 0.158. The molecule has 4 N–H and O–H groups in total. The summed E-state index contributed by atoms with van der Waals surface area (Å²) in [6, 6.07) is 25.2. The molecule has 9 heteroatoms. The molecule has 3 aromatic rings. The van der Waals surface area contributed by atoms with E-state index >= 15 is 0 Å². The topological polar surface area (TPSA) is 116 Å². The molecule has 0 spiro atoms. The number of unbranched alkanes of at least 4 members (excludes halogenated alkanes) is 1. The van der Waals surface area contributed by atoms with Crippen LogP contribution in [0.4, 0.5) is 10.5 Å². The van der Waals surface area contributed by atoms with E-state index in [2.05, 4.69) is 5.32 Å². The molecule has 0 heterocycles. The summed E-state index contributed by atoms with van der Waals surface area (Å²) in [6.45, 7) is 5.56. The van der Waals surface area contributed by atoms with E-state index in [-0.39, 0.29) is 17.5 Å². The molecule has 3 rings (SSSR count). The lowest BCUT2D eigenvalue weighted by Crippen LogP contribution is -2.43. The van der Waals surface area contributed by atoms with Crippen LogP contribution in [0, 0.1) is 5.92 Å². The molecule has 222 valence electrons. The van der Waals surface area contributed by atoms with E-state index < -0.39 is 16.1 Å². The Morgan fingerprint density at radius 1 is 0.854 bits per heavy atom. The van der Waals surface area contributed by atoms with Gasteiger partial charge in [0.05, 0.1) is 11.5 Å². The van der Waals surface area contributed by atoms with Gasteiger partial charge in [0, 0.05) is 37.9 Å². The Morgan fingerprint density at radius 3 is 1.93 bits per heavy atom. The molecule has 1 unspecified atom stereocenters. The number of nitrogens with zero attached hydrogens (tertiary/aromatic N) is 2. The minimum Gasteiger partial charge on any atom is -0.399 e. The minimum atomic E-state index is -3.81. The van der Waals surface area contributed by atoms with E-state index in [0.29, 0.717) is 63.5 Å². The van der Waals surface area contributed by atoms with Crippen molar-refractivity contribution in [2.24, 2.45) is 5.92 Å². The fourth-order valence-corrected chi connectivity index (χ4v) is 6.27. The van der Waals surface area contributed by atoms with Gasteiger partial charge in [0.2, 0.25) is 10.0 Å². The maximum atomic E-state index is 13.5. The average molecular weight is 581 g/mol. The van der Waals surface area contributed by atoms with Gasteiger partial charge < -0.3 is 21.1 Å². The van der Waals surface area contributed by atoms with Crippen molar-refractivity contribution in [2.45, 2.75) is 63.6 Å². The largest absolute Gasteiger partial charge is 0.399 e. The first-order chi connectivity index (χ1) is 19.7. The molecule has 0 aliphatic heterocycles. The molecule has 0 radical (unpaired) electrons. The minimum absolute atomic E-state index is 0.152. The molecular weight excluding hydrogens is 536 g/mol. The van der Waals surface area contributed by atoms with Gasteiger partial charge in [-0.05, 0) is 60.6 Å². The molecule has 0 aromatic heterocycles. The summed E-state index contributed by atoms with van der Waals surface area (Å²) < 4.78 is 28.5. The van der Waals surface area contributed by atoms with E-state index in [1.807, 2.05) is 74.5 Å².